The minimum absolute atomic E-state index is 0.0869. The van der Waals surface area contributed by atoms with E-state index in [0.29, 0.717) is 0 Å². The Balaban J connectivity index is 2.88. The molecule has 1 aromatic rings. The number of nitrogens with one attached hydrogen (secondary N) is 1. The Kier molecular flexibility index (Phi) is 3.41. The summed E-state index contributed by atoms with van der Waals surface area (Å²) < 4.78 is 38.1. The molecule has 0 unspecified atom stereocenters. The Morgan fingerprint density at radius 1 is 1.29 bits per heavy atom. The van der Waals surface area contributed by atoms with Gasteiger partial charge in [0, 0.05) is 5.03 Å². The standard InChI is InChI=1S/C9H7ClF3N/c1-5(10)4-14-7-3-2-6(11)8(12)9(7)13/h2-3,14H,1,4H2. The molecule has 0 radical (unpaired) electrons. The minimum Gasteiger partial charge on any atom is -0.378 e. The zero-order valence-corrected chi connectivity index (χ0v) is 7.84. The summed E-state index contributed by atoms with van der Waals surface area (Å²) in [6.07, 6.45) is 0. The van der Waals surface area contributed by atoms with Crippen molar-refractivity contribution >= 4 is 17.3 Å². The van der Waals surface area contributed by atoms with Crippen LogP contribution in [0.3, 0.4) is 0 Å². The summed E-state index contributed by atoms with van der Waals surface area (Å²) in [5.74, 6) is -3.99. The molecule has 14 heavy (non-hydrogen) atoms. The third-order valence-corrected chi connectivity index (χ3v) is 1.64. The molecule has 1 rings (SSSR count). The van der Waals surface area contributed by atoms with Gasteiger partial charge in [-0.15, -0.1) is 0 Å². The predicted octanol–water partition coefficient (Wildman–Crippen LogP) is 3.27. The zero-order valence-electron chi connectivity index (χ0n) is 7.08. The molecule has 0 aromatic heterocycles. The number of benzene rings is 1. The van der Waals surface area contributed by atoms with Crippen LogP contribution in [0.1, 0.15) is 0 Å². The molecule has 1 N–H and O–H groups in total. The van der Waals surface area contributed by atoms with E-state index in [2.05, 4.69) is 11.9 Å². The van der Waals surface area contributed by atoms with Gasteiger partial charge in [-0.3, -0.25) is 0 Å². The van der Waals surface area contributed by atoms with E-state index < -0.39 is 17.5 Å². The van der Waals surface area contributed by atoms with Gasteiger partial charge in [-0.1, -0.05) is 18.2 Å². The lowest BCUT2D eigenvalue weighted by molar-refractivity contribution is 0.449. The number of hydrogen-bond acceptors (Lipinski definition) is 1. The maximum atomic E-state index is 13.0. The first-order valence-electron chi connectivity index (χ1n) is 3.73. The van der Waals surface area contributed by atoms with E-state index in [1.165, 1.54) is 0 Å². The normalized spacial score (nSPS) is 10.0. The molecule has 1 nitrogen and oxygen atoms in total. The second kappa shape index (κ2) is 4.37. The Morgan fingerprint density at radius 3 is 2.50 bits per heavy atom. The molecule has 0 aliphatic rings. The number of anilines is 1. The van der Waals surface area contributed by atoms with E-state index in [4.69, 9.17) is 11.6 Å². The summed E-state index contributed by atoms with van der Waals surface area (Å²) in [5.41, 5.74) is -0.147. The molecule has 0 aliphatic carbocycles. The molecule has 0 saturated carbocycles. The van der Waals surface area contributed by atoms with Gasteiger partial charge in [-0.25, -0.2) is 13.2 Å². The first kappa shape index (κ1) is 10.9. The van der Waals surface area contributed by atoms with E-state index in [9.17, 15) is 13.2 Å². The second-order valence-corrected chi connectivity index (χ2v) is 3.13. The van der Waals surface area contributed by atoms with Crippen molar-refractivity contribution in [1.82, 2.24) is 0 Å². The smallest absolute Gasteiger partial charge is 0.196 e. The molecular formula is C9H7ClF3N. The van der Waals surface area contributed by atoms with E-state index in [1.807, 2.05) is 0 Å². The Labute approximate surface area is 84.2 Å². The molecule has 0 fully saturated rings. The molecule has 0 heterocycles. The van der Waals surface area contributed by atoms with Gasteiger partial charge in [-0.05, 0) is 12.1 Å². The third-order valence-electron chi connectivity index (χ3n) is 1.51. The van der Waals surface area contributed by atoms with Crippen molar-refractivity contribution in [2.24, 2.45) is 0 Å². The van der Waals surface area contributed by atoms with Crippen LogP contribution in [0.4, 0.5) is 18.9 Å². The van der Waals surface area contributed by atoms with E-state index in [0.717, 1.165) is 12.1 Å². The summed E-state index contributed by atoms with van der Waals surface area (Å²) in [7, 11) is 0. The summed E-state index contributed by atoms with van der Waals surface area (Å²) in [6, 6.07) is 1.92. The fourth-order valence-electron chi connectivity index (χ4n) is 0.854. The fourth-order valence-corrected chi connectivity index (χ4v) is 0.920. The van der Waals surface area contributed by atoms with E-state index in [1.54, 1.807) is 0 Å². The van der Waals surface area contributed by atoms with Crippen LogP contribution in [0.15, 0.2) is 23.7 Å². The van der Waals surface area contributed by atoms with Crippen LogP contribution in [0.25, 0.3) is 0 Å². The highest BCUT2D eigenvalue weighted by atomic mass is 35.5. The third kappa shape index (κ3) is 2.42. The highest BCUT2D eigenvalue weighted by Gasteiger charge is 2.12. The van der Waals surface area contributed by atoms with Crippen LogP contribution in [0, 0.1) is 17.5 Å². The van der Waals surface area contributed by atoms with Crippen LogP contribution in [-0.2, 0) is 0 Å². The van der Waals surface area contributed by atoms with Crippen LogP contribution >= 0.6 is 11.6 Å². The van der Waals surface area contributed by atoms with Gasteiger partial charge >= 0.3 is 0 Å². The molecule has 76 valence electrons. The lowest BCUT2D eigenvalue weighted by Crippen LogP contribution is -2.05. The van der Waals surface area contributed by atoms with Gasteiger partial charge in [0.15, 0.2) is 17.5 Å². The number of hydrogen-bond donors (Lipinski definition) is 1. The van der Waals surface area contributed by atoms with Crippen molar-refractivity contribution in [1.29, 1.82) is 0 Å². The molecule has 0 spiro atoms. The zero-order chi connectivity index (χ0) is 10.7. The molecule has 1 aromatic carbocycles. The monoisotopic (exact) mass is 221 g/mol. The fraction of sp³-hybridized carbons (Fsp3) is 0.111. The van der Waals surface area contributed by atoms with Crippen molar-refractivity contribution in [3.8, 4) is 0 Å². The van der Waals surface area contributed by atoms with Gasteiger partial charge in [-0.2, -0.15) is 0 Å². The summed E-state index contributed by atoms with van der Waals surface area (Å²) in [4.78, 5) is 0. The van der Waals surface area contributed by atoms with Crippen molar-refractivity contribution in [3.63, 3.8) is 0 Å². The lowest BCUT2D eigenvalue weighted by atomic mass is 10.3. The van der Waals surface area contributed by atoms with Crippen LogP contribution in [0.2, 0.25) is 0 Å². The number of rotatable bonds is 3. The van der Waals surface area contributed by atoms with Gasteiger partial charge < -0.3 is 5.32 Å². The van der Waals surface area contributed by atoms with Crippen LogP contribution in [0.5, 0.6) is 0 Å². The quantitative estimate of drug-likeness (QED) is 0.773. The Morgan fingerprint density at radius 2 is 1.93 bits per heavy atom. The van der Waals surface area contributed by atoms with Gasteiger partial charge in [0.25, 0.3) is 0 Å². The molecule has 0 atom stereocenters. The summed E-state index contributed by atoms with van der Waals surface area (Å²) in [5, 5.41) is 2.71. The first-order valence-corrected chi connectivity index (χ1v) is 4.11. The van der Waals surface area contributed by atoms with Crippen LogP contribution in [-0.4, -0.2) is 6.54 Å². The molecule has 5 heteroatoms. The SMILES string of the molecule is C=C(Cl)CNc1ccc(F)c(F)c1F. The van der Waals surface area contributed by atoms with E-state index >= 15 is 0 Å². The van der Waals surface area contributed by atoms with Gasteiger partial charge in [0.2, 0.25) is 0 Å². The van der Waals surface area contributed by atoms with Crippen molar-refractivity contribution in [3.05, 3.63) is 41.2 Å². The predicted molar refractivity (Wildman–Crippen MR) is 49.8 cm³/mol. The Hall–Kier alpha value is -1.16. The minimum atomic E-state index is -1.50. The molecule has 0 amide bonds. The highest BCUT2D eigenvalue weighted by Crippen LogP contribution is 2.19. The molecular weight excluding hydrogens is 215 g/mol. The largest absolute Gasteiger partial charge is 0.378 e. The maximum Gasteiger partial charge on any atom is 0.196 e. The topological polar surface area (TPSA) is 12.0 Å². The van der Waals surface area contributed by atoms with E-state index in [-0.39, 0.29) is 17.3 Å². The van der Waals surface area contributed by atoms with Crippen molar-refractivity contribution < 1.29 is 13.2 Å². The van der Waals surface area contributed by atoms with Crippen LogP contribution < -0.4 is 5.32 Å². The second-order valence-electron chi connectivity index (χ2n) is 2.59. The molecule has 0 saturated heterocycles. The summed E-state index contributed by atoms with van der Waals surface area (Å²) in [6.45, 7) is 3.44. The first-order chi connectivity index (χ1) is 6.52. The average molecular weight is 222 g/mol. The summed E-state index contributed by atoms with van der Waals surface area (Å²) >= 11 is 5.40. The van der Waals surface area contributed by atoms with Gasteiger partial charge in [0.1, 0.15) is 0 Å². The average Bonchev–Trinajstić information content (AvgIpc) is 2.13. The van der Waals surface area contributed by atoms with Crippen molar-refractivity contribution in [2.45, 2.75) is 0 Å². The Bertz CT molecular complexity index is 365. The maximum absolute atomic E-state index is 13.0. The van der Waals surface area contributed by atoms with Crippen molar-refractivity contribution in [2.75, 3.05) is 11.9 Å². The van der Waals surface area contributed by atoms with Gasteiger partial charge in [0.05, 0.1) is 12.2 Å². The lowest BCUT2D eigenvalue weighted by Gasteiger charge is -2.06. The highest BCUT2D eigenvalue weighted by molar-refractivity contribution is 6.29. The molecule has 0 bridgehead atoms. The number of halogens is 4. The molecule has 0 aliphatic heterocycles.